The topological polar surface area (TPSA) is 106 Å². The zero-order chi connectivity index (χ0) is 20.3. The van der Waals surface area contributed by atoms with Gasteiger partial charge < -0.3 is 10.6 Å². The molecule has 28 heavy (non-hydrogen) atoms. The summed E-state index contributed by atoms with van der Waals surface area (Å²) in [6, 6.07) is 7.10. The molecular weight excluding hydrogens is 401 g/mol. The Morgan fingerprint density at radius 1 is 1.00 bits per heavy atom. The molecule has 1 aromatic carbocycles. The highest BCUT2D eigenvalue weighted by atomic mass is 35.5. The maximum atomic E-state index is 12.7. The van der Waals surface area contributed by atoms with E-state index in [0.29, 0.717) is 0 Å². The molecule has 0 atom stereocenters. The molecule has 0 radical (unpaired) electrons. The number of nitrogens with zero attached hydrogens (tertiary/aromatic N) is 4. The van der Waals surface area contributed by atoms with Crippen molar-refractivity contribution in [2.75, 3.05) is 10.6 Å². The second-order valence-electron chi connectivity index (χ2n) is 5.34. The highest BCUT2D eigenvalue weighted by molar-refractivity contribution is 6.32. The van der Waals surface area contributed by atoms with E-state index < -0.39 is 22.4 Å². The van der Waals surface area contributed by atoms with E-state index >= 15 is 0 Å². The average Bonchev–Trinajstić information content (AvgIpc) is 2.63. The van der Waals surface area contributed by atoms with Gasteiger partial charge in [0.05, 0.1) is 16.2 Å². The Morgan fingerprint density at radius 2 is 1.64 bits per heavy atom. The maximum absolute atomic E-state index is 12.7. The van der Waals surface area contributed by atoms with Crippen LogP contribution in [0.3, 0.4) is 0 Å². The lowest BCUT2D eigenvalue weighted by Crippen LogP contribution is -2.07. The number of hydrogen-bond donors (Lipinski definition) is 2. The predicted molar refractivity (Wildman–Crippen MR) is 95.9 cm³/mol. The molecule has 2 heterocycles. The van der Waals surface area contributed by atoms with E-state index in [1.807, 2.05) is 0 Å². The molecule has 144 valence electrons. The number of nitro groups is 1. The third-order valence-electron chi connectivity index (χ3n) is 3.49. The summed E-state index contributed by atoms with van der Waals surface area (Å²) in [5.41, 5.74) is -0.891. The first-order valence-corrected chi connectivity index (χ1v) is 7.94. The van der Waals surface area contributed by atoms with Gasteiger partial charge >= 0.3 is 11.9 Å². The van der Waals surface area contributed by atoms with Crippen molar-refractivity contribution in [3.63, 3.8) is 0 Å². The van der Waals surface area contributed by atoms with Crippen LogP contribution in [0.5, 0.6) is 0 Å². The first-order valence-electron chi connectivity index (χ1n) is 7.57. The third kappa shape index (κ3) is 4.26. The normalized spacial score (nSPS) is 11.1. The van der Waals surface area contributed by atoms with Gasteiger partial charge in [0.15, 0.2) is 5.15 Å². The summed E-state index contributed by atoms with van der Waals surface area (Å²) in [7, 11) is 0. The van der Waals surface area contributed by atoms with Crippen LogP contribution in [-0.4, -0.2) is 19.9 Å². The first-order chi connectivity index (χ1) is 13.3. The zero-order valence-corrected chi connectivity index (χ0v) is 14.5. The molecule has 0 spiro atoms. The van der Waals surface area contributed by atoms with Gasteiger partial charge in [0.2, 0.25) is 11.6 Å². The lowest BCUT2D eigenvalue weighted by molar-refractivity contribution is -0.383. The molecule has 0 saturated heterocycles. The third-order valence-corrected chi connectivity index (χ3v) is 3.79. The molecule has 0 bridgehead atoms. The number of hydrogen-bond acceptors (Lipinski definition) is 7. The molecule has 0 amide bonds. The largest absolute Gasteiger partial charge is 0.416 e. The second-order valence-corrected chi connectivity index (χ2v) is 5.70. The van der Waals surface area contributed by atoms with Gasteiger partial charge in [-0.15, -0.1) is 0 Å². The lowest BCUT2D eigenvalue weighted by Gasteiger charge is -2.11. The van der Waals surface area contributed by atoms with Crippen molar-refractivity contribution in [3.8, 4) is 0 Å². The summed E-state index contributed by atoms with van der Waals surface area (Å²) in [5, 5.41) is 16.9. The number of aromatic nitrogens is 3. The Morgan fingerprint density at radius 3 is 2.21 bits per heavy atom. The molecule has 0 saturated carbocycles. The maximum Gasteiger partial charge on any atom is 0.416 e. The lowest BCUT2D eigenvalue weighted by atomic mass is 10.2. The fourth-order valence-electron chi connectivity index (χ4n) is 2.22. The number of pyridine rings is 1. The minimum atomic E-state index is -4.49. The Hall–Kier alpha value is -3.47. The molecule has 0 aliphatic rings. The van der Waals surface area contributed by atoms with E-state index in [4.69, 9.17) is 11.6 Å². The summed E-state index contributed by atoms with van der Waals surface area (Å²) in [5.74, 6) is -0.369. The van der Waals surface area contributed by atoms with Gasteiger partial charge in [0.1, 0.15) is 6.33 Å². The molecule has 3 aromatic rings. The Bertz CT molecular complexity index is 1010. The summed E-state index contributed by atoms with van der Waals surface area (Å²) in [6.45, 7) is 0. The van der Waals surface area contributed by atoms with Crippen LogP contribution in [0.2, 0.25) is 5.15 Å². The van der Waals surface area contributed by atoms with E-state index in [-0.39, 0.29) is 28.2 Å². The molecule has 3 rings (SSSR count). The standard InChI is InChI=1S/C16H10ClF3N6O2/c17-13-11(2-1-7-21-13)25-15-12(26(27)28)14(22-8-23-15)24-10-5-3-9(4-6-10)16(18,19)20/h1-8H,(H2,22,23,24,25). The van der Waals surface area contributed by atoms with Crippen LogP contribution in [0.1, 0.15) is 5.56 Å². The molecule has 2 N–H and O–H groups in total. The first kappa shape index (κ1) is 19.3. The highest BCUT2D eigenvalue weighted by Crippen LogP contribution is 2.35. The van der Waals surface area contributed by atoms with Gasteiger partial charge in [-0.1, -0.05) is 11.6 Å². The number of alkyl halides is 3. The van der Waals surface area contributed by atoms with Crippen LogP contribution < -0.4 is 10.6 Å². The molecule has 0 aliphatic heterocycles. The van der Waals surface area contributed by atoms with E-state index in [2.05, 4.69) is 25.6 Å². The molecule has 0 unspecified atom stereocenters. The molecular formula is C16H10ClF3N6O2. The summed E-state index contributed by atoms with van der Waals surface area (Å²) < 4.78 is 38.0. The number of benzene rings is 1. The number of rotatable bonds is 5. The second kappa shape index (κ2) is 7.64. The van der Waals surface area contributed by atoms with E-state index in [1.54, 1.807) is 12.1 Å². The highest BCUT2D eigenvalue weighted by Gasteiger charge is 2.30. The minimum Gasteiger partial charge on any atom is -0.334 e. The van der Waals surface area contributed by atoms with Crippen molar-refractivity contribution in [3.05, 3.63) is 69.8 Å². The van der Waals surface area contributed by atoms with Gasteiger partial charge in [-0.25, -0.2) is 15.0 Å². The fourth-order valence-corrected chi connectivity index (χ4v) is 2.39. The molecule has 2 aromatic heterocycles. The SMILES string of the molecule is O=[N+]([O-])c1c(Nc2ccc(C(F)(F)F)cc2)ncnc1Nc1cccnc1Cl. The van der Waals surface area contributed by atoms with Crippen LogP contribution in [-0.2, 0) is 6.18 Å². The molecule has 12 heteroatoms. The minimum absolute atomic E-state index is 0.0765. The van der Waals surface area contributed by atoms with Crippen molar-refractivity contribution < 1.29 is 18.1 Å². The van der Waals surface area contributed by atoms with Crippen molar-refractivity contribution in [2.45, 2.75) is 6.18 Å². The van der Waals surface area contributed by atoms with Crippen LogP contribution >= 0.6 is 11.6 Å². The van der Waals surface area contributed by atoms with Gasteiger partial charge in [0.25, 0.3) is 0 Å². The molecule has 0 fully saturated rings. The van der Waals surface area contributed by atoms with Crippen LogP contribution in [0.4, 0.5) is 41.9 Å². The monoisotopic (exact) mass is 410 g/mol. The Balaban J connectivity index is 1.93. The number of halogens is 4. The number of nitrogens with one attached hydrogen (secondary N) is 2. The summed E-state index contributed by atoms with van der Waals surface area (Å²) in [4.78, 5) is 22.3. The zero-order valence-electron chi connectivity index (χ0n) is 13.7. The Kier molecular flexibility index (Phi) is 5.27. The molecule has 8 nitrogen and oxygen atoms in total. The average molecular weight is 411 g/mol. The predicted octanol–water partition coefficient (Wildman–Crippen LogP) is 4.94. The Labute approximate surface area is 160 Å². The van der Waals surface area contributed by atoms with Crippen molar-refractivity contribution in [1.82, 2.24) is 15.0 Å². The van der Waals surface area contributed by atoms with Gasteiger partial charge in [-0.2, -0.15) is 13.2 Å². The van der Waals surface area contributed by atoms with E-state index in [9.17, 15) is 23.3 Å². The van der Waals surface area contributed by atoms with Crippen LogP contribution in [0, 0.1) is 10.1 Å². The van der Waals surface area contributed by atoms with Crippen LogP contribution in [0.15, 0.2) is 48.9 Å². The van der Waals surface area contributed by atoms with Gasteiger partial charge in [-0.3, -0.25) is 10.1 Å². The summed E-state index contributed by atoms with van der Waals surface area (Å²) in [6.07, 6.45) is -1.98. The summed E-state index contributed by atoms with van der Waals surface area (Å²) >= 11 is 5.93. The van der Waals surface area contributed by atoms with Crippen molar-refractivity contribution in [1.29, 1.82) is 0 Å². The molecule has 0 aliphatic carbocycles. The van der Waals surface area contributed by atoms with Crippen molar-refractivity contribution >= 4 is 40.3 Å². The van der Waals surface area contributed by atoms with Crippen molar-refractivity contribution in [2.24, 2.45) is 0 Å². The van der Waals surface area contributed by atoms with E-state index in [1.165, 1.54) is 6.20 Å². The smallest absolute Gasteiger partial charge is 0.334 e. The van der Waals surface area contributed by atoms with Gasteiger partial charge in [-0.05, 0) is 36.4 Å². The van der Waals surface area contributed by atoms with Crippen LogP contribution in [0.25, 0.3) is 0 Å². The quantitative estimate of drug-likeness (QED) is 0.348. The van der Waals surface area contributed by atoms with Gasteiger partial charge in [0, 0.05) is 11.9 Å². The van der Waals surface area contributed by atoms with E-state index in [0.717, 1.165) is 30.6 Å². The number of anilines is 4. The fraction of sp³-hybridized carbons (Fsp3) is 0.0625.